The molecule has 0 aliphatic rings. The minimum Gasteiger partial charge on any atom is -0.372 e. The van der Waals surface area contributed by atoms with Gasteiger partial charge in [0.1, 0.15) is 5.82 Å². The Hall–Kier alpha value is -2.04. The zero-order chi connectivity index (χ0) is 15.0. The number of aromatic nitrogens is 2. The summed E-state index contributed by atoms with van der Waals surface area (Å²) in [6.07, 6.45) is 0. The fourth-order valence-corrected chi connectivity index (χ4v) is 2.66. The molecule has 0 aliphatic heterocycles. The molecule has 3 aromatic rings. The molecule has 21 heavy (non-hydrogen) atoms. The normalized spacial score (nSPS) is 10.8. The van der Waals surface area contributed by atoms with Crippen molar-refractivity contribution in [2.24, 2.45) is 0 Å². The number of benzene rings is 2. The first-order chi connectivity index (χ1) is 10.1. The summed E-state index contributed by atoms with van der Waals surface area (Å²) in [5.74, 6) is 0.473. The molecule has 0 saturated carbocycles. The summed E-state index contributed by atoms with van der Waals surface area (Å²) in [6, 6.07) is 12.7. The summed E-state index contributed by atoms with van der Waals surface area (Å²) in [4.78, 5) is 16.4. The second-order valence-corrected chi connectivity index (χ2v) is 5.21. The maximum absolute atomic E-state index is 12.4. The standard InChI is InChI=1S/C15H11Cl2N3O/c1-18-14-10-7-8-11(16)12(17)13(10)20(15(21)19-14)9-5-3-2-4-6-9/h2-8H,1H3,(H,18,19,21). The minimum absolute atomic E-state index is 0.328. The van der Waals surface area contributed by atoms with Crippen molar-refractivity contribution < 1.29 is 0 Å². The summed E-state index contributed by atoms with van der Waals surface area (Å²) >= 11 is 12.4. The summed E-state index contributed by atoms with van der Waals surface area (Å²) < 4.78 is 1.46. The van der Waals surface area contributed by atoms with E-state index in [4.69, 9.17) is 23.2 Å². The van der Waals surface area contributed by atoms with Crippen molar-refractivity contribution in [3.63, 3.8) is 0 Å². The monoisotopic (exact) mass is 319 g/mol. The van der Waals surface area contributed by atoms with E-state index in [9.17, 15) is 4.79 Å². The van der Waals surface area contributed by atoms with Crippen LogP contribution in [0.15, 0.2) is 47.3 Å². The van der Waals surface area contributed by atoms with E-state index in [1.807, 2.05) is 30.3 Å². The molecule has 0 radical (unpaired) electrons. The van der Waals surface area contributed by atoms with Gasteiger partial charge in [-0.1, -0.05) is 41.4 Å². The van der Waals surface area contributed by atoms with Gasteiger partial charge in [-0.2, -0.15) is 4.98 Å². The van der Waals surface area contributed by atoms with Crippen molar-refractivity contribution in [2.75, 3.05) is 12.4 Å². The van der Waals surface area contributed by atoms with Crippen LogP contribution in [0.5, 0.6) is 0 Å². The first kappa shape index (κ1) is 13.9. The van der Waals surface area contributed by atoms with Crippen LogP contribution >= 0.6 is 23.2 Å². The predicted octanol–water partition coefficient (Wildman–Crippen LogP) is 3.73. The summed E-state index contributed by atoms with van der Waals surface area (Å²) in [7, 11) is 1.70. The first-order valence-electron chi connectivity index (χ1n) is 6.27. The molecule has 0 amide bonds. The third-order valence-corrected chi connectivity index (χ3v) is 3.99. The summed E-state index contributed by atoms with van der Waals surface area (Å²) in [5, 5.41) is 4.36. The van der Waals surface area contributed by atoms with Gasteiger partial charge in [-0.05, 0) is 24.3 Å². The lowest BCUT2D eigenvalue weighted by Gasteiger charge is -2.14. The zero-order valence-corrected chi connectivity index (χ0v) is 12.6. The smallest absolute Gasteiger partial charge is 0.354 e. The highest BCUT2D eigenvalue weighted by atomic mass is 35.5. The number of rotatable bonds is 2. The molecule has 0 saturated heterocycles. The van der Waals surface area contributed by atoms with Crippen molar-refractivity contribution in [2.45, 2.75) is 0 Å². The molecule has 0 aliphatic carbocycles. The van der Waals surface area contributed by atoms with E-state index in [0.717, 1.165) is 5.39 Å². The van der Waals surface area contributed by atoms with E-state index in [-0.39, 0.29) is 0 Å². The summed E-state index contributed by atoms with van der Waals surface area (Å²) in [6.45, 7) is 0. The van der Waals surface area contributed by atoms with Crippen molar-refractivity contribution in [3.05, 3.63) is 63.0 Å². The van der Waals surface area contributed by atoms with Crippen LogP contribution in [0, 0.1) is 0 Å². The molecule has 0 spiro atoms. The Morgan fingerprint density at radius 1 is 1.10 bits per heavy atom. The molecule has 4 nitrogen and oxygen atoms in total. The molecule has 1 N–H and O–H groups in total. The van der Waals surface area contributed by atoms with Gasteiger partial charge in [-0.3, -0.25) is 4.57 Å². The SMILES string of the molecule is CNc1nc(=O)n(-c2ccccc2)c2c(Cl)c(Cl)ccc12. The third-order valence-electron chi connectivity index (χ3n) is 3.20. The van der Waals surface area contributed by atoms with Crippen molar-refractivity contribution in [1.82, 2.24) is 9.55 Å². The van der Waals surface area contributed by atoms with E-state index >= 15 is 0 Å². The number of nitrogens with zero attached hydrogens (tertiary/aromatic N) is 2. The molecule has 0 bridgehead atoms. The van der Waals surface area contributed by atoms with Crippen LogP contribution in [0.4, 0.5) is 5.82 Å². The molecular formula is C15H11Cl2N3O. The molecule has 1 heterocycles. The molecule has 0 atom stereocenters. The quantitative estimate of drug-likeness (QED) is 0.782. The molecule has 2 aromatic carbocycles. The van der Waals surface area contributed by atoms with Crippen LogP contribution in [0.25, 0.3) is 16.6 Å². The van der Waals surface area contributed by atoms with Gasteiger partial charge in [0.25, 0.3) is 0 Å². The second-order valence-electron chi connectivity index (χ2n) is 4.42. The van der Waals surface area contributed by atoms with E-state index < -0.39 is 5.69 Å². The largest absolute Gasteiger partial charge is 0.372 e. The van der Waals surface area contributed by atoms with Crippen LogP contribution in [-0.4, -0.2) is 16.6 Å². The van der Waals surface area contributed by atoms with Crippen LogP contribution in [0.3, 0.4) is 0 Å². The lowest BCUT2D eigenvalue weighted by molar-refractivity contribution is 0.961. The Bertz CT molecular complexity index is 875. The Morgan fingerprint density at radius 3 is 2.48 bits per heavy atom. The molecule has 0 unspecified atom stereocenters. The Labute approximate surface area is 131 Å². The van der Waals surface area contributed by atoms with Gasteiger partial charge in [0, 0.05) is 12.4 Å². The van der Waals surface area contributed by atoms with Crippen LogP contribution in [0.2, 0.25) is 10.0 Å². The lowest BCUT2D eigenvalue weighted by Crippen LogP contribution is -2.23. The number of hydrogen-bond acceptors (Lipinski definition) is 3. The third kappa shape index (κ3) is 2.26. The van der Waals surface area contributed by atoms with Crippen molar-refractivity contribution in [1.29, 1.82) is 0 Å². The summed E-state index contributed by atoms with van der Waals surface area (Å²) in [5.41, 5.74) is 0.814. The van der Waals surface area contributed by atoms with Gasteiger partial charge in [0.2, 0.25) is 0 Å². The average Bonchev–Trinajstić information content (AvgIpc) is 2.51. The number of para-hydroxylation sites is 1. The Balaban J connectivity index is 2.53. The van der Waals surface area contributed by atoms with Gasteiger partial charge < -0.3 is 5.32 Å². The highest BCUT2D eigenvalue weighted by molar-refractivity contribution is 6.45. The van der Waals surface area contributed by atoms with Gasteiger partial charge in [-0.15, -0.1) is 0 Å². The molecule has 106 valence electrons. The van der Waals surface area contributed by atoms with Crippen LogP contribution in [-0.2, 0) is 0 Å². The van der Waals surface area contributed by atoms with Gasteiger partial charge in [0.15, 0.2) is 0 Å². The molecule has 1 aromatic heterocycles. The molecule has 6 heteroatoms. The Morgan fingerprint density at radius 2 is 1.81 bits per heavy atom. The topological polar surface area (TPSA) is 46.9 Å². The molecule has 0 fully saturated rings. The van der Waals surface area contributed by atoms with E-state index in [2.05, 4.69) is 10.3 Å². The maximum atomic E-state index is 12.4. The van der Waals surface area contributed by atoms with Crippen LogP contribution < -0.4 is 11.0 Å². The van der Waals surface area contributed by atoms with Crippen LogP contribution in [0.1, 0.15) is 0 Å². The zero-order valence-electron chi connectivity index (χ0n) is 11.1. The number of halogens is 2. The van der Waals surface area contributed by atoms with Gasteiger partial charge >= 0.3 is 5.69 Å². The van der Waals surface area contributed by atoms with E-state index in [1.165, 1.54) is 4.57 Å². The fourth-order valence-electron chi connectivity index (χ4n) is 2.26. The fraction of sp³-hybridized carbons (Fsp3) is 0.0667. The molecular weight excluding hydrogens is 309 g/mol. The maximum Gasteiger partial charge on any atom is 0.354 e. The predicted molar refractivity (Wildman–Crippen MR) is 86.9 cm³/mol. The van der Waals surface area contributed by atoms with Crippen molar-refractivity contribution >= 4 is 39.9 Å². The number of anilines is 1. The van der Waals surface area contributed by atoms with Gasteiger partial charge in [-0.25, -0.2) is 4.79 Å². The highest BCUT2D eigenvalue weighted by Crippen LogP contribution is 2.33. The van der Waals surface area contributed by atoms with E-state index in [1.54, 1.807) is 19.2 Å². The first-order valence-corrected chi connectivity index (χ1v) is 7.03. The number of nitrogens with one attached hydrogen (secondary N) is 1. The minimum atomic E-state index is -0.415. The number of fused-ring (bicyclic) bond motifs is 1. The number of hydrogen-bond donors (Lipinski definition) is 1. The average molecular weight is 320 g/mol. The highest BCUT2D eigenvalue weighted by Gasteiger charge is 2.15. The van der Waals surface area contributed by atoms with Crippen molar-refractivity contribution in [3.8, 4) is 5.69 Å². The van der Waals surface area contributed by atoms with E-state index in [0.29, 0.717) is 27.1 Å². The second kappa shape index (κ2) is 5.39. The molecule has 3 rings (SSSR count). The van der Waals surface area contributed by atoms with Gasteiger partial charge in [0.05, 0.1) is 21.2 Å². The Kier molecular flexibility index (Phi) is 3.57. The lowest BCUT2D eigenvalue weighted by atomic mass is 10.2.